The Kier molecular flexibility index (Phi) is 9.70. The molecule has 4 heterocycles. The quantitative estimate of drug-likeness (QED) is 0.237. The van der Waals surface area contributed by atoms with Crippen LogP contribution in [0.25, 0.3) is 22.2 Å². The van der Waals surface area contributed by atoms with E-state index in [1.807, 2.05) is 67.7 Å². The smallest absolute Gasteiger partial charge is 0.259 e. The molecule has 2 aromatic carbocycles. The van der Waals surface area contributed by atoms with Gasteiger partial charge in [0, 0.05) is 48.6 Å². The molecule has 0 unspecified atom stereocenters. The number of para-hydroxylation sites is 1. The third-order valence-corrected chi connectivity index (χ3v) is 8.72. The predicted molar refractivity (Wildman–Crippen MR) is 181 cm³/mol. The minimum absolute atomic E-state index is 0.138. The lowest BCUT2D eigenvalue weighted by molar-refractivity contribution is -0.129. The van der Waals surface area contributed by atoms with Crippen LogP contribution in [-0.2, 0) is 22.6 Å². The van der Waals surface area contributed by atoms with Crippen LogP contribution < -0.4 is 10.6 Å². The Labute approximate surface area is 279 Å². The Hall–Kier alpha value is -5.26. The van der Waals surface area contributed by atoms with Gasteiger partial charge in [-0.15, -0.1) is 0 Å². The maximum atomic E-state index is 14.2. The van der Waals surface area contributed by atoms with Gasteiger partial charge in [0.15, 0.2) is 0 Å². The van der Waals surface area contributed by atoms with Gasteiger partial charge in [0.05, 0.1) is 12.6 Å². The van der Waals surface area contributed by atoms with Crippen LogP contribution in [0.4, 0.5) is 0 Å². The minimum atomic E-state index is -0.822. The number of hydrogen-bond acceptors (Lipinski definition) is 7. The van der Waals surface area contributed by atoms with Gasteiger partial charge in [-0.1, -0.05) is 67.5 Å². The molecule has 0 spiro atoms. The molecule has 12 nitrogen and oxygen atoms in total. The van der Waals surface area contributed by atoms with Crippen LogP contribution in [0.3, 0.4) is 0 Å². The highest BCUT2D eigenvalue weighted by atomic mass is 16.5. The molecule has 3 N–H and O–H groups in total. The molecule has 2 atom stereocenters. The molecule has 3 amide bonds. The number of nitrogens with one attached hydrogen (secondary N) is 3. The average Bonchev–Trinajstić information content (AvgIpc) is 3.77. The molecule has 0 fully saturated rings. The standard InChI is InChI=1S/C36H42N8O4/c1-22(2)19-29-34-38-24(4)41-44(34)18-17-43(36(47)32-23(3)48-42-33(32)25-11-6-5-7-12-25)16-10-15-31(45)39-30(35(46)40-29)20-26-21-37-28-14-9-8-13-27(26)28/h5-9,11-14,21-22,29-30,37H,10,15-20H2,1-4H3,(H,39,45)(H,40,46)/t29-,30+/m0/s1. The summed E-state index contributed by atoms with van der Waals surface area (Å²) in [5.74, 6) is 1.06. The van der Waals surface area contributed by atoms with Gasteiger partial charge in [-0.2, -0.15) is 5.10 Å². The molecule has 12 heteroatoms. The lowest BCUT2D eigenvalue weighted by Gasteiger charge is -2.27. The summed E-state index contributed by atoms with van der Waals surface area (Å²) in [6, 6.07) is 16.1. The normalized spacial score (nSPS) is 18.0. The Morgan fingerprint density at radius 3 is 2.54 bits per heavy atom. The topological polar surface area (TPSA) is 151 Å². The molecular weight excluding hydrogens is 608 g/mol. The number of carbonyl (C=O) groups is 3. The van der Waals surface area contributed by atoms with Crippen molar-refractivity contribution in [3.63, 3.8) is 0 Å². The number of amides is 3. The van der Waals surface area contributed by atoms with E-state index >= 15 is 0 Å². The fourth-order valence-corrected chi connectivity index (χ4v) is 6.40. The number of aromatic amines is 1. The van der Waals surface area contributed by atoms with Gasteiger partial charge in [-0.05, 0) is 44.2 Å². The molecule has 0 bridgehead atoms. The number of fused-ring (bicyclic) bond motifs is 2. The first-order chi connectivity index (χ1) is 23.2. The van der Waals surface area contributed by atoms with E-state index in [-0.39, 0.29) is 30.1 Å². The molecule has 0 radical (unpaired) electrons. The summed E-state index contributed by atoms with van der Waals surface area (Å²) in [5, 5.41) is 16.1. The van der Waals surface area contributed by atoms with Crippen LogP contribution >= 0.6 is 0 Å². The van der Waals surface area contributed by atoms with E-state index in [4.69, 9.17) is 9.51 Å². The summed E-state index contributed by atoms with van der Waals surface area (Å²) in [6.07, 6.45) is 3.34. The van der Waals surface area contributed by atoms with Crippen LogP contribution in [0.2, 0.25) is 0 Å². The van der Waals surface area contributed by atoms with Crippen LogP contribution in [0.1, 0.15) is 72.5 Å². The summed E-state index contributed by atoms with van der Waals surface area (Å²) in [5.41, 5.74) is 3.55. The van der Waals surface area contributed by atoms with Crippen LogP contribution in [0.15, 0.2) is 65.3 Å². The highest BCUT2D eigenvalue weighted by Gasteiger charge is 2.31. The maximum absolute atomic E-state index is 14.2. The molecule has 0 saturated carbocycles. The number of aryl methyl sites for hydroxylation is 2. The molecule has 3 aromatic heterocycles. The fraction of sp³-hybridized carbons (Fsp3) is 0.389. The number of benzene rings is 2. The third kappa shape index (κ3) is 7.17. The highest BCUT2D eigenvalue weighted by Crippen LogP contribution is 2.27. The van der Waals surface area contributed by atoms with Crippen molar-refractivity contribution in [3.05, 3.63) is 89.3 Å². The van der Waals surface area contributed by atoms with Crippen molar-refractivity contribution in [2.45, 2.75) is 72.0 Å². The van der Waals surface area contributed by atoms with Crippen molar-refractivity contribution in [1.29, 1.82) is 0 Å². The van der Waals surface area contributed by atoms with Crippen molar-refractivity contribution in [2.24, 2.45) is 5.92 Å². The lowest BCUT2D eigenvalue weighted by Crippen LogP contribution is -2.49. The first-order valence-electron chi connectivity index (χ1n) is 16.5. The molecule has 0 aliphatic carbocycles. The molecule has 48 heavy (non-hydrogen) atoms. The van der Waals surface area contributed by atoms with E-state index in [0.717, 1.165) is 22.0 Å². The number of nitrogens with zero attached hydrogens (tertiary/aromatic N) is 5. The molecular formula is C36H42N8O4. The van der Waals surface area contributed by atoms with Gasteiger partial charge >= 0.3 is 0 Å². The van der Waals surface area contributed by atoms with Crippen molar-refractivity contribution in [2.75, 3.05) is 13.1 Å². The number of aromatic nitrogens is 5. The number of carbonyl (C=O) groups excluding carboxylic acids is 3. The Bertz CT molecular complexity index is 1910. The fourth-order valence-electron chi connectivity index (χ4n) is 6.40. The summed E-state index contributed by atoms with van der Waals surface area (Å²) in [6.45, 7) is 8.69. The van der Waals surface area contributed by atoms with E-state index in [2.05, 4.69) is 39.7 Å². The van der Waals surface area contributed by atoms with Crippen LogP contribution in [0, 0.1) is 19.8 Å². The molecule has 0 saturated heterocycles. The zero-order valence-electron chi connectivity index (χ0n) is 27.8. The Morgan fingerprint density at radius 1 is 0.979 bits per heavy atom. The van der Waals surface area contributed by atoms with Crippen molar-refractivity contribution < 1.29 is 18.9 Å². The van der Waals surface area contributed by atoms with Gasteiger partial charge < -0.3 is 25.0 Å². The summed E-state index contributed by atoms with van der Waals surface area (Å²) in [7, 11) is 0. The second kappa shape index (κ2) is 14.2. The van der Waals surface area contributed by atoms with Gasteiger partial charge in [0.25, 0.3) is 5.91 Å². The van der Waals surface area contributed by atoms with E-state index in [9.17, 15) is 14.4 Å². The average molecular weight is 651 g/mol. The van der Waals surface area contributed by atoms with Gasteiger partial charge in [-0.3, -0.25) is 14.4 Å². The van der Waals surface area contributed by atoms with Crippen LogP contribution in [-0.4, -0.2) is 66.7 Å². The zero-order chi connectivity index (χ0) is 33.8. The van der Waals surface area contributed by atoms with E-state index in [1.165, 1.54) is 0 Å². The molecule has 6 rings (SSSR count). The molecule has 1 aliphatic rings. The Morgan fingerprint density at radius 2 is 1.75 bits per heavy atom. The lowest BCUT2D eigenvalue weighted by atomic mass is 10.0. The molecule has 1 aliphatic heterocycles. The van der Waals surface area contributed by atoms with E-state index in [1.54, 1.807) is 16.5 Å². The van der Waals surface area contributed by atoms with Gasteiger partial charge in [0.2, 0.25) is 11.8 Å². The molecule has 5 aromatic rings. The monoisotopic (exact) mass is 650 g/mol. The second-order valence-corrected chi connectivity index (χ2v) is 12.8. The van der Waals surface area contributed by atoms with E-state index in [0.29, 0.717) is 67.6 Å². The first kappa shape index (κ1) is 32.7. The maximum Gasteiger partial charge on any atom is 0.259 e. The van der Waals surface area contributed by atoms with Crippen LogP contribution in [0.5, 0.6) is 0 Å². The second-order valence-electron chi connectivity index (χ2n) is 12.8. The number of H-pyrrole nitrogens is 1. The summed E-state index contributed by atoms with van der Waals surface area (Å²) < 4.78 is 7.31. The van der Waals surface area contributed by atoms with Gasteiger partial charge in [-0.25, -0.2) is 9.67 Å². The predicted octanol–water partition coefficient (Wildman–Crippen LogP) is 4.90. The summed E-state index contributed by atoms with van der Waals surface area (Å²) in [4.78, 5) is 51.4. The SMILES string of the molecule is Cc1nc2n(n1)CCN(C(=O)c1c(-c3ccccc3)noc1C)CCCC(=O)N[C@H](Cc1c[nH]c3ccccc13)C(=O)N[C@H]2CC(C)C. The highest BCUT2D eigenvalue weighted by molar-refractivity contribution is 6.00. The summed E-state index contributed by atoms with van der Waals surface area (Å²) >= 11 is 0. The van der Waals surface area contributed by atoms with Crippen molar-refractivity contribution in [3.8, 4) is 11.3 Å². The molecule has 250 valence electrons. The largest absolute Gasteiger partial charge is 0.361 e. The number of hydrogen-bond donors (Lipinski definition) is 3. The minimum Gasteiger partial charge on any atom is -0.361 e. The Balaban J connectivity index is 1.33. The third-order valence-electron chi connectivity index (χ3n) is 8.72. The number of rotatable bonds is 6. The van der Waals surface area contributed by atoms with Gasteiger partial charge in [0.1, 0.15) is 34.7 Å². The first-order valence-corrected chi connectivity index (χ1v) is 16.5. The van der Waals surface area contributed by atoms with E-state index < -0.39 is 12.1 Å². The van der Waals surface area contributed by atoms with Crippen molar-refractivity contribution in [1.82, 2.24) is 40.4 Å². The van der Waals surface area contributed by atoms with Crippen molar-refractivity contribution >= 4 is 28.6 Å². The zero-order valence-corrected chi connectivity index (χ0v) is 27.8.